The van der Waals surface area contributed by atoms with Crippen LogP contribution in [-0.2, 0) is 11.2 Å². The molecule has 3 rings (SSSR count). The van der Waals surface area contributed by atoms with Gasteiger partial charge in [0.2, 0.25) is 0 Å². The molecule has 0 radical (unpaired) electrons. The van der Waals surface area contributed by atoms with Gasteiger partial charge in [-0.05, 0) is 74.7 Å². The number of carboxylic acid groups (broad SMARTS) is 1. The Labute approximate surface area is 197 Å². The second kappa shape index (κ2) is 9.40. The molecule has 0 saturated heterocycles. The summed E-state index contributed by atoms with van der Waals surface area (Å²) in [4.78, 5) is 28.5. The van der Waals surface area contributed by atoms with E-state index in [1.165, 1.54) is 17.8 Å². The fourth-order valence-corrected chi connectivity index (χ4v) is 4.43. The summed E-state index contributed by atoms with van der Waals surface area (Å²) in [6, 6.07) is 8.80. The number of aryl methyl sites for hydroxylation is 1. The number of aromatic nitrogens is 2. The Morgan fingerprint density at radius 2 is 1.93 bits per heavy atom. The number of fused-ring (bicyclic) bond motifs is 1. The van der Waals surface area contributed by atoms with Crippen molar-refractivity contribution in [3.63, 3.8) is 0 Å². The summed E-state index contributed by atoms with van der Waals surface area (Å²) < 4.78 is 8.63. The highest BCUT2D eigenvalue weighted by Gasteiger charge is 2.17. The normalized spacial score (nSPS) is 12.4. The summed E-state index contributed by atoms with van der Waals surface area (Å²) in [5.74, 6) is -0.161. The number of carboxylic acids is 1. The zero-order valence-electron chi connectivity index (χ0n) is 15.9. The molecule has 1 heterocycles. The van der Waals surface area contributed by atoms with Gasteiger partial charge < -0.3 is 9.84 Å². The van der Waals surface area contributed by atoms with Crippen molar-refractivity contribution in [3.8, 4) is 5.75 Å². The third kappa shape index (κ3) is 4.81. The molecule has 0 fully saturated rings. The van der Waals surface area contributed by atoms with Crippen LogP contribution >= 0.6 is 47.8 Å². The third-order valence-corrected chi connectivity index (χ3v) is 5.85. The maximum absolute atomic E-state index is 12.9. The highest BCUT2D eigenvalue weighted by atomic mass is 79.9. The van der Waals surface area contributed by atoms with Gasteiger partial charge in [0.15, 0.2) is 6.10 Å². The van der Waals surface area contributed by atoms with Crippen LogP contribution in [0.2, 0.25) is 0 Å². The molecule has 0 spiro atoms. The molecule has 0 aliphatic rings. The Balaban J connectivity index is 2.01. The minimum Gasteiger partial charge on any atom is -0.479 e. The molecule has 1 aromatic heterocycles. The average Bonchev–Trinajstić information content (AvgIpc) is 2.70. The Morgan fingerprint density at radius 1 is 1.27 bits per heavy atom. The summed E-state index contributed by atoms with van der Waals surface area (Å²) in [6.45, 7) is 3.35. The molecule has 0 aliphatic heterocycles. The van der Waals surface area contributed by atoms with Crippen LogP contribution in [0.25, 0.3) is 10.9 Å². The van der Waals surface area contributed by atoms with E-state index in [1.54, 1.807) is 24.3 Å². The summed E-state index contributed by atoms with van der Waals surface area (Å²) in [7, 11) is 0. The van der Waals surface area contributed by atoms with E-state index in [0.717, 1.165) is 4.47 Å². The SMILES string of the molecule is CCc1nc2ccc(Br)cc2c(=O)n1N=Cc1cc(Br)c(O[C@H](C)C(=O)O)c(Br)c1. The number of hydrogen-bond acceptors (Lipinski definition) is 5. The van der Waals surface area contributed by atoms with E-state index in [1.807, 2.05) is 13.0 Å². The first kappa shape index (κ1) is 22.6. The van der Waals surface area contributed by atoms with Crippen molar-refractivity contribution in [2.45, 2.75) is 26.4 Å². The van der Waals surface area contributed by atoms with Gasteiger partial charge in [-0.1, -0.05) is 22.9 Å². The molecule has 3 aromatic rings. The lowest BCUT2D eigenvalue weighted by Crippen LogP contribution is -2.23. The molecule has 0 unspecified atom stereocenters. The first-order valence-corrected chi connectivity index (χ1v) is 11.2. The van der Waals surface area contributed by atoms with Crippen LogP contribution in [0.15, 0.2) is 53.6 Å². The maximum atomic E-state index is 12.9. The number of carbonyl (C=O) groups is 1. The summed E-state index contributed by atoms with van der Waals surface area (Å²) in [6.07, 6.45) is 1.06. The second-order valence-electron chi connectivity index (χ2n) is 6.32. The molecule has 1 atom stereocenters. The summed E-state index contributed by atoms with van der Waals surface area (Å²) >= 11 is 10.2. The summed E-state index contributed by atoms with van der Waals surface area (Å²) in [5, 5.41) is 13.9. The van der Waals surface area contributed by atoms with E-state index in [2.05, 4.69) is 57.9 Å². The van der Waals surface area contributed by atoms with Gasteiger partial charge >= 0.3 is 5.97 Å². The van der Waals surface area contributed by atoms with E-state index in [0.29, 0.717) is 43.4 Å². The maximum Gasteiger partial charge on any atom is 0.344 e. The molecule has 0 amide bonds. The molecular weight excluding hydrogens is 586 g/mol. The smallest absolute Gasteiger partial charge is 0.344 e. The molecule has 0 bridgehead atoms. The van der Waals surface area contributed by atoms with Gasteiger partial charge in [-0.3, -0.25) is 4.79 Å². The number of halogens is 3. The molecule has 0 aliphatic carbocycles. The van der Waals surface area contributed by atoms with Crippen molar-refractivity contribution >= 4 is 70.9 Å². The molecule has 10 heteroatoms. The largest absolute Gasteiger partial charge is 0.479 e. The van der Waals surface area contributed by atoms with Gasteiger partial charge in [0.25, 0.3) is 5.56 Å². The van der Waals surface area contributed by atoms with Crippen molar-refractivity contribution in [1.82, 2.24) is 9.66 Å². The fourth-order valence-electron chi connectivity index (χ4n) is 2.66. The molecule has 2 aromatic carbocycles. The van der Waals surface area contributed by atoms with E-state index in [4.69, 9.17) is 9.84 Å². The Morgan fingerprint density at radius 3 is 2.53 bits per heavy atom. The summed E-state index contributed by atoms with van der Waals surface area (Å²) in [5.41, 5.74) is 1.03. The molecule has 1 N–H and O–H groups in total. The number of nitrogens with zero attached hydrogens (tertiary/aromatic N) is 3. The predicted molar refractivity (Wildman–Crippen MR) is 126 cm³/mol. The lowest BCUT2D eigenvalue weighted by molar-refractivity contribution is -0.144. The topological polar surface area (TPSA) is 93.8 Å². The predicted octanol–water partition coefficient (Wildman–Crippen LogP) is 4.98. The van der Waals surface area contributed by atoms with Crippen LogP contribution in [0, 0.1) is 0 Å². The van der Waals surface area contributed by atoms with Crippen molar-refractivity contribution in [2.75, 3.05) is 0 Å². The highest BCUT2D eigenvalue weighted by molar-refractivity contribution is 9.11. The van der Waals surface area contributed by atoms with E-state index >= 15 is 0 Å². The number of hydrogen-bond donors (Lipinski definition) is 1. The van der Waals surface area contributed by atoms with Gasteiger partial charge in [-0.2, -0.15) is 9.78 Å². The number of ether oxygens (including phenoxy) is 1. The number of rotatable bonds is 6. The number of benzene rings is 2. The first-order valence-electron chi connectivity index (χ1n) is 8.85. The van der Waals surface area contributed by atoms with Crippen molar-refractivity contribution in [3.05, 3.63) is 65.5 Å². The van der Waals surface area contributed by atoms with Gasteiger partial charge in [-0.25, -0.2) is 9.78 Å². The third-order valence-electron chi connectivity index (χ3n) is 4.18. The molecule has 0 saturated carbocycles. The van der Waals surface area contributed by atoms with Crippen LogP contribution in [-0.4, -0.2) is 33.1 Å². The van der Waals surface area contributed by atoms with Crippen LogP contribution in [0.1, 0.15) is 25.2 Å². The minimum absolute atomic E-state index is 0.261. The minimum atomic E-state index is -1.07. The quantitative estimate of drug-likeness (QED) is 0.402. The highest BCUT2D eigenvalue weighted by Crippen LogP contribution is 2.35. The first-order chi connectivity index (χ1) is 14.2. The molecule has 156 valence electrons. The van der Waals surface area contributed by atoms with Crippen LogP contribution < -0.4 is 10.3 Å². The fraction of sp³-hybridized carbons (Fsp3) is 0.200. The van der Waals surface area contributed by atoms with E-state index < -0.39 is 12.1 Å². The van der Waals surface area contributed by atoms with Crippen molar-refractivity contribution in [2.24, 2.45) is 5.10 Å². The van der Waals surface area contributed by atoms with Gasteiger partial charge in [-0.15, -0.1) is 0 Å². The van der Waals surface area contributed by atoms with Gasteiger partial charge in [0.1, 0.15) is 11.6 Å². The van der Waals surface area contributed by atoms with E-state index in [-0.39, 0.29) is 5.56 Å². The van der Waals surface area contributed by atoms with Gasteiger partial charge in [0, 0.05) is 10.9 Å². The zero-order chi connectivity index (χ0) is 22.0. The van der Waals surface area contributed by atoms with Crippen LogP contribution in [0.5, 0.6) is 5.75 Å². The van der Waals surface area contributed by atoms with Crippen LogP contribution in [0.4, 0.5) is 0 Å². The van der Waals surface area contributed by atoms with Crippen LogP contribution in [0.3, 0.4) is 0 Å². The standard InChI is InChI=1S/C20H16Br3N3O4/c1-3-17-25-16-5-4-12(21)8-13(16)19(27)26(17)24-9-11-6-14(22)18(15(23)7-11)30-10(2)20(28)29/h4-10H,3H2,1-2H3,(H,28,29)/t10-/m1/s1. The lowest BCUT2D eigenvalue weighted by atomic mass is 10.2. The number of aliphatic carboxylic acids is 1. The lowest BCUT2D eigenvalue weighted by Gasteiger charge is -2.14. The molecular formula is C20H16Br3N3O4. The Bertz CT molecular complexity index is 1200. The zero-order valence-corrected chi connectivity index (χ0v) is 20.7. The molecule has 30 heavy (non-hydrogen) atoms. The Kier molecular flexibility index (Phi) is 7.10. The average molecular weight is 602 g/mol. The van der Waals surface area contributed by atoms with Crippen molar-refractivity contribution < 1.29 is 14.6 Å². The monoisotopic (exact) mass is 599 g/mol. The van der Waals surface area contributed by atoms with E-state index in [9.17, 15) is 9.59 Å². The van der Waals surface area contributed by atoms with Gasteiger partial charge in [0.05, 0.1) is 26.1 Å². The Hall–Kier alpha value is -2.04. The second-order valence-corrected chi connectivity index (χ2v) is 8.94. The van der Waals surface area contributed by atoms with Crippen molar-refractivity contribution in [1.29, 1.82) is 0 Å². The molecule has 7 nitrogen and oxygen atoms in total.